The summed E-state index contributed by atoms with van der Waals surface area (Å²) in [4.78, 5) is 11.9. The molecule has 5 atom stereocenters. The number of carboxylic acids is 1. The molecule has 2 aliphatic heterocycles. The lowest BCUT2D eigenvalue weighted by atomic mass is 9.96. The van der Waals surface area contributed by atoms with Crippen LogP contribution in [0, 0.1) is 0 Å². The predicted molar refractivity (Wildman–Crippen MR) is 115 cm³/mol. The first-order valence-electron chi connectivity index (χ1n) is 10.4. The molecule has 11 heteroatoms. The summed E-state index contributed by atoms with van der Waals surface area (Å²) in [5.74, 6) is 0.0690. The van der Waals surface area contributed by atoms with E-state index in [0.717, 1.165) is 0 Å². The summed E-state index contributed by atoms with van der Waals surface area (Å²) in [6.45, 7) is -0.667. The third-order valence-electron chi connectivity index (χ3n) is 6.06. The van der Waals surface area contributed by atoms with Crippen molar-refractivity contribution >= 4 is 27.5 Å². The number of hydrogen-bond acceptors (Lipinski definition) is 10. The van der Waals surface area contributed by atoms with Crippen LogP contribution in [0.1, 0.15) is 10.4 Å². The van der Waals surface area contributed by atoms with Crippen molar-refractivity contribution in [2.24, 2.45) is 0 Å². The van der Waals surface area contributed by atoms with Crippen LogP contribution in [0.3, 0.4) is 0 Å². The third kappa shape index (κ3) is 3.45. The number of aliphatic hydroxyl groups excluding tert-OH is 4. The van der Waals surface area contributed by atoms with E-state index >= 15 is 0 Å². The highest BCUT2D eigenvalue weighted by Gasteiger charge is 2.44. The zero-order chi connectivity index (χ0) is 24.1. The minimum absolute atomic E-state index is 0.0281. The van der Waals surface area contributed by atoms with Gasteiger partial charge < -0.3 is 49.2 Å². The van der Waals surface area contributed by atoms with E-state index in [9.17, 15) is 30.3 Å². The number of carboxylic acid groups (broad SMARTS) is 1. The summed E-state index contributed by atoms with van der Waals surface area (Å²) in [5.41, 5.74) is 0.0281. The van der Waals surface area contributed by atoms with Gasteiger partial charge in [-0.05, 0) is 18.2 Å². The van der Waals surface area contributed by atoms with Crippen molar-refractivity contribution in [2.75, 3.05) is 20.5 Å². The van der Waals surface area contributed by atoms with Gasteiger partial charge in [-0.25, -0.2) is 4.79 Å². The maximum atomic E-state index is 11.9. The van der Waals surface area contributed by atoms with Crippen LogP contribution >= 0.6 is 0 Å². The first kappa shape index (κ1) is 22.4. The molecule has 3 aromatic rings. The minimum Gasteiger partial charge on any atom is -0.496 e. The van der Waals surface area contributed by atoms with Gasteiger partial charge in [-0.1, -0.05) is 6.07 Å². The quantitative estimate of drug-likeness (QED) is 0.329. The highest BCUT2D eigenvalue weighted by Crippen LogP contribution is 2.47. The molecule has 0 spiro atoms. The van der Waals surface area contributed by atoms with Crippen LogP contribution in [0.5, 0.6) is 23.0 Å². The fraction of sp³-hybridized carbons (Fsp3) is 0.348. The summed E-state index contributed by atoms with van der Waals surface area (Å²) in [5, 5.41) is 51.6. The van der Waals surface area contributed by atoms with Crippen molar-refractivity contribution in [3.8, 4) is 23.0 Å². The highest BCUT2D eigenvalue weighted by molar-refractivity contribution is 6.18. The second-order valence-corrected chi connectivity index (χ2v) is 7.99. The molecule has 5 unspecified atom stereocenters. The van der Waals surface area contributed by atoms with Gasteiger partial charge in [0.05, 0.1) is 19.3 Å². The fourth-order valence-electron chi connectivity index (χ4n) is 4.36. The predicted octanol–water partition coefficient (Wildman–Crippen LogP) is 0.607. The Balaban J connectivity index is 1.67. The number of aliphatic hydroxyl groups is 4. The number of aromatic carboxylic acids is 1. The Kier molecular flexibility index (Phi) is 5.58. The van der Waals surface area contributed by atoms with E-state index in [0.29, 0.717) is 33.0 Å². The first-order chi connectivity index (χ1) is 16.3. The molecule has 3 aromatic carbocycles. The van der Waals surface area contributed by atoms with Crippen LogP contribution in [-0.2, 0) is 4.74 Å². The Morgan fingerprint density at radius 3 is 2.50 bits per heavy atom. The molecule has 2 heterocycles. The van der Waals surface area contributed by atoms with Crippen LogP contribution in [0.25, 0.3) is 21.5 Å². The normalized spacial score (nSPS) is 26.1. The van der Waals surface area contributed by atoms with Gasteiger partial charge in [-0.15, -0.1) is 0 Å². The van der Waals surface area contributed by atoms with E-state index in [1.807, 2.05) is 0 Å². The summed E-state index contributed by atoms with van der Waals surface area (Å²) in [6.07, 6.45) is -7.28. The van der Waals surface area contributed by atoms with Crippen molar-refractivity contribution < 1.29 is 54.0 Å². The van der Waals surface area contributed by atoms with E-state index in [-0.39, 0.29) is 23.9 Å². The maximum Gasteiger partial charge on any atom is 0.336 e. The summed E-state index contributed by atoms with van der Waals surface area (Å²) >= 11 is 0. The Hall–Kier alpha value is -3.35. The first-order valence-corrected chi connectivity index (χ1v) is 10.4. The lowest BCUT2D eigenvalue weighted by Gasteiger charge is -2.39. The molecule has 0 saturated carbocycles. The van der Waals surface area contributed by atoms with Crippen LogP contribution < -0.4 is 18.9 Å². The zero-order valence-corrected chi connectivity index (χ0v) is 17.9. The standard InChI is InChI=1S/C23H22O11/c1-30-14-5-9(33-23-20(27)19(26)18(25)16(7-24)34-23)4-12-10(14)2-3-11-13(22(28)29)6-15-21(17(11)12)32-8-31-15/h2-6,16,18-20,23-27H,7-8H2,1H3,(H,28,29). The van der Waals surface area contributed by atoms with Crippen LogP contribution in [-0.4, -0.2) is 82.7 Å². The molecular formula is C23H22O11. The fourth-order valence-corrected chi connectivity index (χ4v) is 4.36. The van der Waals surface area contributed by atoms with E-state index < -0.39 is 43.3 Å². The molecular weight excluding hydrogens is 452 g/mol. The van der Waals surface area contributed by atoms with Gasteiger partial charge in [0.2, 0.25) is 13.1 Å². The number of hydrogen-bond donors (Lipinski definition) is 5. The van der Waals surface area contributed by atoms with Crippen molar-refractivity contribution in [3.63, 3.8) is 0 Å². The Bertz CT molecular complexity index is 1270. The molecule has 2 aliphatic rings. The van der Waals surface area contributed by atoms with Crippen LogP contribution in [0.2, 0.25) is 0 Å². The SMILES string of the molecule is COc1cc(OC2OC(CO)C(O)C(O)C2O)cc2c1ccc1c(C(=O)O)cc3c(c12)OCO3. The average Bonchev–Trinajstić information content (AvgIpc) is 3.31. The monoisotopic (exact) mass is 474 g/mol. The number of methoxy groups -OCH3 is 1. The summed E-state index contributed by atoms with van der Waals surface area (Å²) in [7, 11) is 1.45. The smallest absolute Gasteiger partial charge is 0.336 e. The van der Waals surface area contributed by atoms with Gasteiger partial charge in [0, 0.05) is 27.6 Å². The number of fused-ring (bicyclic) bond motifs is 5. The number of carbonyl (C=O) groups is 1. The zero-order valence-electron chi connectivity index (χ0n) is 17.9. The lowest BCUT2D eigenvalue weighted by molar-refractivity contribution is -0.277. The molecule has 0 radical (unpaired) electrons. The van der Waals surface area contributed by atoms with Gasteiger partial charge in [-0.2, -0.15) is 0 Å². The molecule has 5 rings (SSSR count). The third-order valence-corrected chi connectivity index (χ3v) is 6.06. The van der Waals surface area contributed by atoms with E-state index in [4.69, 9.17) is 23.7 Å². The molecule has 0 amide bonds. The number of rotatable bonds is 5. The second kappa shape index (κ2) is 8.46. The summed E-state index contributed by atoms with van der Waals surface area (Å²) < 4.78 is 27.8. The van der Waals surface area contributed by atoms with Crippen molar-refractivity contribution in [1.29, 1.82) is 0 Å². The summed E-state index contributed by atoms with van der Waals surface area (Å²) in [6, 6.07) is 7.90. The molecule has 1 fully saturated rings. The molecule has 11 nitrogen and oxygen atoms in total. The Morgan fingerprint density at radius 1 is 1.03 bits per heavy atom. The lowest BCUT2D eigenvalue weighted by Crippen LogP contribution is -2.60. The molecule has 0 aliphatic carbocycles. The van der Waals surface area contributed by atoms with Crippen LogP contribution in [0.4, 0.5) is 0 Å². The Labute approximate surface area is 192 Å². The topological polar surface area (TPSA) is 164 Å². The number of ether oxygens (including phenoxy) is 5. The van der Waals surface area contributed by atoms with E-state index in [1.165, 1.54) is 19.2 Å². The second-order valence-electron chi connectivity index (χ2n) is 7.99. The molecule has 0 bridgehead atoms. The Morgan fingerprint density at radius 2 is 1.79 bits per heavy atom. The van der Waals surface area contributed by atoms with E-state index in [1.54, 1.807) is 18.2 Å². The van der Waals surface area contributed by atoms with Gasteiger partial charge in [0.1, 0.15) is 35.9 Å². The van der Waals surface area contributed by atoms with Gasteiger partial charge in [0.25, 0.3) is 0 Å². The molecule has 0 aromatic heterocycles. The van der Waals surface area contributed by atoms with Crippen LogP contribution in [0.15, 0.2) is 30.3 Å². The highest BCUT2D eigenvalue weighted by atomic mass is 16.7. The molecule has 5 N–H and O–H groups in total. The van der Waals surface area contributed by atoms with Crippen molar-refractivity contribution in [1.82, 2.24) is 0 Å². The minimum atomic E-state index is -1.61. The van der Waals surface area contributed by atoms with Gasteiger partial charge in [-0.3, -0.25) is 0 Å². The van der Waals surface area contributed by atoms with Crippen molar-refractivity contribution in [3.05, 3.63) is 35.9 Å². The largest absolute Gasteiger partial charge is 0.496 e. The molecule has 1 saturated heterocycles. The van der Waals surface area contributed by atoms with Gasteiger partial charge >= 0.3 is 5.97 Å². The number of benzene rings is 3. The van der Waals surface area contributed by atoms with Gasteiger partial charge in [0.15, 0.2) is 11.5 Å². The maximum absolute atomic E-state index is 11.9. The van der Waals surface area contributed by atoms with Crippen molar-refractivity contribution in [2.45, 2.75) is 30.7 Å². The molecule has 34 heavy (non-hydrogen) atoms. The average molecular weight is 474 g/mol. The van der Waals surface area contributed by atoms with E-state index in [2.05, 4.69) is 0 Å². The molecule has 180 valence electrons.